The number of amides is 1. The summed E-state index contributed by atoms with van der Waals surface area (Å²) in [6.07, 6.45) is 0.398. The van der Waals surface area contributed by atoms with Crippen molar-refractivity contribution in [2.24, 2.45) is 5.92 Å². The van der Waals surface area contributed by atoms with Gasteiger partial charge in [-0.15, -0.1) is 0 Å². The van der Waals surface area contributed by atoms with E-state index in [1.165, 1.54) is 0 Å². The molecule has 4 heteroatoms. The molecule has 0 aliphatic carbocycles. The van der Waals surface area contributed by atoms with Crippen molar-refractivity contribution in [3.63, 3.8) is 0 Å². The highest BCUT2D eigenvalue weighted by Crippen LogP contribution is 2.14. The molecule has 0 atom stereocenters. The van der Waals surface area contributed by atoms with Crippen LogP contribution in [0.4, 0.5) is 5.69 Å². The number of anilines is 1. The summed E-state index contributed by atoms with van der Waals surface area (Å²) < 4.78 is 5.56. The van der Waals surface area contributed by atoms with E-state index in [4.69, 9.17) is 10.5 Å². The average molecular weight is 278 g/mol. The molecular formula is C16H26N2O2. The summed E-state index contributed by atoms with van der Waals surface area (Å²) in [5, 5.41) is 0. The number of nitrogens with two attached hydrogens (primary N) is 1. The SMILES string of the molecule is CC(C)CN(C(=O)CCOc1ccc(N)cc1)C(C)C. The molecule has 4 nitrogen and oxygen atoms in total. The maximum atomic E-state index is 12.2. The minimum absolute atomic E-state index is 0.143. The Bertz CT molecular complexity index is 413. The summed E-state index contributed by atoms with van der Waals surface area (Å²) in [6.45, 7) is 9.51. The van der Waals surface area contributed by atoms with Crippen LogP contribution < -0.4 is 10.5 Å². The second kappa shape index (κ2) is 7.78. The van der Waals surface area contributed by atoms with Crippen molar-refractivity contribution in [2.75, 3.05) is 18.9 Å². The van der Waals surface area contributed by atoms with Crippen LogP contribution in [0, 0.1) is 5.92 Å². The van der Waals surface area contributed by atoms with E-state index in [0.717, 1.165) is 12.3 Å². The third kappa shape index (κ3) is 5.51. The highest BCUT2D eigenvalue weighted by molar-refractivity contribution is 5.76. The van der Waals surface area contributed by atoms with E-state index < -0.39 is 0 Å². The second-order valence-electron chi connectivity index (χ2n) is 5.70. The Kier molecular flexibility index (Phi) is 6.36. The number of carbonyl (C=O) groups is 1. The number of benzene rings is 1. The Morgan fingerprint density at radius 3 is 2.30 bits per heavy atom. The van der Waals surface area contributed by atoms with Crippen molar-refractivity contribution in [3.05, 3.63) is 24.3 Å². The molecule has 1 rings (SSSR count). The molecule has 1 aromatic carbocycles. The molecule has 1 aromatic rings. The first-order chi connectivity index (χ1) is 9.40. The van der Waals surface area contributed by atoms with Gasteiger partial charge in [0.1, 0.15) is 5.75 Å². The summed E-state index contributed by atoms with van der Waals surface area (Å²) in [4.78, 5) is 14.1. The summed E-state index contributed by atoms with van der Waals surface area (Å²) in [7, 11) is 0. The lowest BCUT2D eigenvalue weighted by atomic mass is 10.1. The zero-order valence-corrected chi connectivity index (χ0v) is 12.9. The Labute approximate surface area is 121 Å². The topological polar surface area (TPSA) is 55.6 Å². The van der Waals surface area contributed by atoms with E-state index in [0.29, 0.717) is 24.6 Å². The number of hydrogen-bond donors (Lipinski definition) is 1. The molecule has 0 aliphatic rings. The normalized spacial score (nSPS) is 10.9. The minimum Gasteiger partial charge on any atom is -0.493 e. The third-order valence-corrected chi connectivity index (χ3v) is 2.97. The highest BCUT2D eigenvalue weighted by Gasteiger charge is 2.17. The van der Waals surface area contributed by atoms with E-state index in [9.17, 15) is 4.79 Å². The number of nitrogens with zero attached hydrogens (tertiary/aromatic N) is 1. The molecule has 20 heavy (non-hydrogen) atoms. The molecule has 0 radical (unpaired) electrons. The maximum absolute atomic E-state index is 12.2. The number of rotatable bonds is 7. The molecule has 0 spiro atoms. The lowest BCUT2D eigenvalue weighted by molar-refractivity contribution is -0.134. The lowest BCUT2D eigenvalue weighted by Gasteiger charge is -2.28. The van der Waals surface area contributed by atoms with Crippen LogP contribution in [-0.2, 0) is 4.79 Å². The van der Waals surface area contributed by atoms with Crippen LogP contribution in [0.2, 0.25) is 0 Å². The first-order valence-electron chi connectivity index (χ1n) is 7.18. The van der Waals surface area contributed by atoms with Crippen molar-refractivity contribution in [3.8, 4) is 5.75 Å². The van der Waals surface area contributed by atoms with Gasteiger partial charge in [0.2, 0.25) is 5.91 Å². The molecule has 112 valence electrons. The Hall–Kier alpha value is -1.71. The number of nitrogen functional groups attached to an aromatic ring is 1. The molecule has 0 aromatic heterocycles. The quantitative estimate of drug-likeness (QED) is 0.780. The number of carbonyl (C=O) groups excluding carboxylic acids is 1. The number of hydrogen-bond acceptors (Lipinski definition) is 3. The van der Waals surface area contributed by atoms with Gasteiger partial charge in [-0.3, -0.25) is 4.79 Å². The molecule has 0 heterocycles. The third-order valence-electron chi connectivity index (χ3n) is 2.97. The van der Waals surface area contributed by atoms with E-state index in [2.05, 4.69) is 13.8 Å². The minimum atomic E-state index is 0.143. The summed E-state index contributed by atoms with van der Waals surface area (Å²) in [6, 6.07) is 7.43. The molecule has 0 unspecified atom stereocenters. The summed E-state index contributed by atoms with van der Waals surface area (Å²) in [5.41, 5.74) is 6.31. The van der Waals surface area contributed by atoms with Gasteiger partial charge in [0.15, 0.2) is 0 Å². The Morgan fingerprint density at radius 2 is 1.80 bits per heavy atom. The molecule has 1 amide bonds. The maximum Gasteiger partial charge on any atom is 0.226 e. The highest BCUT2D eigenvalue weighted by atomic mass is 16.5. The second-order valence-corrected chi connectivity index (χ2v) is 5.70. The van der Waals surface area contributed by atoms with E-state index >= 15 is 0 Å². The molecule has 0 bridgehead atoms. The van der Waals surface area contributed by atoms with Crippen LogP contribution in [0.5, 0.6) is 5.75 Å². The van der Waals surface area contributed by atoms with Gasteiger partial charge < -0.3 is 15.4 Å². The number of ether oxygens (including phenoxy) is 1. The van der Waals surface area contributed by atoms with Crippen LogP contribution >= 0.6 is 0 Å². The van der Waals surface area contributed by atoms with Crippen molar-refractivity contribution in [2.45, 2.75) is 40.2 Å². The van der Waals surface area contributed by atoms with Crippen LogP contribution in [0.25, 0.3) is 0 Å². The average Bonchev–Trinajstić information content (AvgIpc) is 2.37. The smallest absolute Gasteiger partial charge is 0.226 e. The van der Waals surface area contributed by atoms with Crippen LogP contribution in [0.1, 0.15) is 34.1 Å². The van der Waals surface area contributed by atoms with Crippen molar-refractivity contribution in [1.29, 1.82) is 0 Å². The zero-order chi connectivity index (χ0) is 15.1. The van der Waals surface area contributed by atoms with E-state index in [-0.39, 0.29) is 11.9 Å². The van der Waals surface area contributed by atoms with Crippen LogP contribution in [0.15, 0.2) is 24.3 Å². The Morgan fingerprint density at radius 1 is 1.20 bits per heavy atom. The van der Waals surface area contributed by atoms with E-state index in [1.807, 2.05) is 30.9 Å². The van der Waals surface area contributed by atoms with Gasteiger partial charge in [-0.1, -0.05) is 13.8 Å². The summed E-state index contributed by atoms with van der Waals surface area (Å²) in [5.74, 6) is 1.36. The van der Waals surface area contributed by atoms with Gasteiger partial charge >= 0.3 is 0 Å². The largest absolute Gasteiger partial charge is 0.493 e. The van der Waals surface area contributed by atoms with Gasteiger partial charge in [-0.25, -0.2) is 0 Å². The standard InChI is InChI=1S/C16H26N2O2/c1-12(2)11-18(13(3)4)16(19)9-10-20-15-7-5-14(17)6-8-15/h5-8,12-13H,9-11,17H2,1-4H3. The van der Waals surface area contributed by atoms with Crippen LogP contribution in [-0.4, -0.2) is 30.0 Å². The first-order valence-corrected chi connectivity index (χ1v) is 7.18. The molecule has 2 N–H and O–H groups in total. The summed E-state index contributed by atoms with van der Waals surface area (Å²) >= 11 is 0. The molecule has 0 fully saturated rings. The van der Waals surface area contributed by atoms with Crippen LogP contribution in [0.3, 0.4) is 0 Å². The predicted molar refractivity (Wildman–Crippen MR) is 82.7 cm³/mol. The fourth-order valence-corrected chi connectivity index (χ4v) is 1.96. The first kappa shape index (κ1) is 16.3. The molecule has 0 saturated carbocycles. The fraction of sp³-hybridized carbons (Fsp3) is 0.562. The van der Waals surface area contributed by atoms with Crippen molar-refractivity contribution in [1.82, 2.24) is 4.90 Å². The monoisotopic (exact) mass is 278 g/mol. The lowest BCUT2D eigenvalue weighted by Crippen LogP contribution is -2.40. The fourth-order valence-electron chi connectivity index (χ4n) is 1.96. The predicted octanol–water partition coefficient (Wildman–Crippen LogP) is 2.93. The Balaban J connectivity index is 2.43. The van der Waals surface area contributed by atoms with E-state index in [1.54, 1.807) is 12.1 Å². The van der Waals surface area contributed by atoms with Crippen molar-refractivity contribution < 1.29 is 9.53 Å². The van der Waals surface area contributed by atoms with Gasteiger partial charge in [0.25, 0.3) is 0 Å². The molecule has 0 saturated heterocycles. The van der Waals surface area contributed by atoms with Gasteiger partial charge in [0, 0.05) is 18.3 Å². The van der Waals surface area contributed by atoms with Gasteiger partial charge in [0.05, 0.1) is 13.0 Å². The zero-order valence-electron chi connectivity index (χ0n) is 12.9. The molecule has 0 aliphatic heterocycles. The van der Waals surface area contributed by atoms with Gasteiger partial charge in [-0.05, 0) is 44.0 Å². The molecular weight excluding hydrogens is 252 g/mol. The van der Waals surface area contributed by atoms with Gasteiger partial charge in [-0.2, -0.15) is 0 Å². The van der Waals surface area contributed by atoms with Crippen molar-refractivity contribution >= 4 is 11.6 Å².